The summed E-state index contributed by atoms with van der Waals surface area (Å²) in [5.41, 5.74) is 1.10. The maximum Gasteiger partial charge on any atom is 0.0707 e. The van der Waals surface area contributed by atoms with Gasteiger partial charge in [0.15, 0.2) is 0 Å². The van der Waals surface area contributed by atoms with Crippen LogP contribution < -0.4 is 0 Å². The molecule has 1 aromatic heterocycles. The highest BCUT2D eigenvalue weighted by Gasteiger charge is 2.22. The van der Waals surface area contributed by atoms with Gasteiger partial charge in [-0.15, -0.1) is 0 Å². The van der Waals surface area contributed by atoms with Crippen molar-refractivity contribution in [2.24, 2.45) is 0 Å². The molecule has 2 nitrogen and oxygen atoms in total. The Morgan fingerprint density at radius 1 is 1.50 bits per heavy atom. The van der Waals surface area contributed by atoms with Gasteiger partial charge in [-0.25, -0.2) is 0 Å². The van der Waals surface area contributed by atoms with Crippen LogP contribution in [0.1, 0.15) is 5.56 Å². The van der Waals surface area contributed by atoms with E-state index in [1.54, 1.807) is 6.20 Å². The number of pyridine rings is 1. The number of aliphatic hydroxyl groups excluding tert-OH is 1. The Hall–Kier alpha value is 0.290. The highest BCUT2D eigenvalue weighted by atomic mass is 79.9. The molecule has 1 fully saturated rings. The number of hydrogen-bond acceptors (Lipinski definition) is 4. The van der Waals surface area contributed by atoms with Crippen molar-refractivity contribution >= 4 is 39.5 Å². The first-order chi connectivity index (χ1) is 7.75. The van der Waals surface area contributed by atoms with Crippen LogP contribution in [0.3, 0.4) is 0 Å². The van der Waals surface area contributed by atoms with E-state index < -0.39 is 0 Å². The Balaban J connectivity index is 1.93. The highest BCUT2D eigenvalue weighted by Crippen LogP contribution is 2.27. The summed E-state index contributed by atoms with van der Waals surface area (Å²) in [4.78, 5) is 4.11. The fourth-order valence-electron chi connectivity index (χ4n) is 1.67. The van der Waals surface area contributed by atoms with Crippen LogP contribution in [-0.2, 0) is 6.42 Å². The van der Waals surface area contributed by atoms with Gasteiger partial charge in [0.05, 0.1) is 6.10 Å². The third-order valence-corrected chi connectivity index (χ3v) is 5.82. The average Bonchev–Trinajstić information content (AvgIpc) is 2.30. The SMILES string of the molecule is OC(Cc1cncc(Br)c1)C1CSCCS1. The van der Waals surface area contributed by atoms with Crippen molar-refractivity contribution in [1.82, 2.24) is 4.98 Å². The number of halogens is 1. The Morgan fingerprint density at radius 3 is 3.06 bits per heavy atom. The first-order valence-electron chi connectivity index (χ1n) is 5.22. The average molecular weight is 320 g/mol. The van der Waals surface area contributed by atoms with Gasteiger partial charge in [0.1, 0.15) is 0 Å². The van der Waals surface area contributed by atoms with E-state index in [1.807, 2.05) is 35.8 Å². The summed E-state index contributed by atoms with van der Waals surface area (Å²) in [5.74, 6) is 3.43. The van der Waals surface area contributed by atoms with Gasteiger partial charge in [0.25, 0.3) is 0 Å². The predicted molar refractivity (Wildman–Crippen MR) is 75.2 cm³/mol. The van der Waals surface area contributed by atoms with Gasteiger partial charge in [-0.1, -0.05) is 0 Å². The van der Waals surface area contributed by atoms with E-state index in [4.69, 9.17) is 0 Å². The van der Waals surface area contributed by atoms with Crippen LogP contribution in [0.2, 0.25) is 0 Å². The molecule has 1 aliphatic rings. The van der Waals surface area contributed by atoms with E-state index in [-0.39, 0.29) is 6.10 Å². The smallest absolute Gasteiger partial charge is 0.0707 e. The lowest BCUT2D eigenvalue weighted by Crippen LogP contribution is -2.30. The number of hydrogen-bond donors (Lipinski definition) is 1. The molecule has 0 bridgehead atoms. The first-order valence-corrected chi connectivity index (χ1v) is 8.22. The fourth-order valence-corrected chi connectivity index (χ4v) is 4.85. The minimum Gasteiger partial charge on any atom is -0.392 e. The topological polar surface area (TPSA) is 33.1 Å². The summed E-state index contributed by atoms with van der Waals surface area (Å²) in [6.45, 7) is 0. The van der Waals surface area contributed by atoms with Gasteiger partial charge in [-0.3, -0.25) is 4.98 Å². The standard InChI is InChI=1S/C11H14BrNOS2/c12-9-3-8(5-13-6-9)4-10(14)11-7-15-1-2-16-11/h3,5-6,10-11,14H,1-2,4,7H2. The summed E-state index contributed by atoms with van der Waals surface area (Å²) < 4.78 is 0.975. The molecule has 2 atom stereocenters. The number of thioether (sulfide) groups is 2. The van der Waals surface area contributed by atoms with E-state index in [2.05, 4.69) is 20.9 Å². The minimum absolute atomic E-state index is 0.256. The van der Waals surface area contributed by atoms with Crippen LogP contribution in [-0.4, -0.2) is 38.7 Å². The van der Waals surface area contributed by atoms with Crippen LogP contribution >= 0.6 is 39.5 Å². The Morgan fingerprint density at radius 2 is 2.38 bits per heavy atom. The molecule has 2 rings (SSSR count). The number of aromatic nitrogens is 1. The van der Waals surface area contributed by atoms with Gasteiger partial charge < -0.3 is 5.11 Å². The van der Waals surface area contributed by atoms with Crippen molar-refractivity contribution in [2.45, 2.75) is 17.8 Å². The van der Waals surface area contributed by atoms with Gasteiger partial charge in [0, 0.05) is 45.8 Å². The number of nitrogens with zero attached hydrogens (tertiary/aromatic N) is 1. The van der Waals surface area contributed by atoms with Crippen molar-refractivity contribution in [3.8, 4) is 0 Å². The van der Waals surface area contributed by atoms with Gasteiger partial charge in [-0.05, 0) is 27.6 Å². The van der Waals surface area contributed by atoms with Gasteiger partial charge in [-0.2, -0.15) is 23.5 Å². The molecule has 1 aromatic rings. The predicted octanol–water partition coefficient (Wildman–Crippen LogP) is 2.60. The Kier molecular flexibility index (Phi) is 5.00. The normalized spacial score (nSPS) is 23.0. The quantitative estimate of drug-likeness (QED) is 0.928. The van der Waals surface area contributed by atoms with Crippen molar-refractivity contribution in [1.29, 1.82) is 0 Å². The summed E-state index contributed by atoms with van der Waals surface area (Å²) in [5, 5.41) is 10.5. The highest BCUT2D eigenvalue weighted by molar-refractivity contribution is 9.10. The van der Waals surface area contributed by atoms with Crippen LogP contribution in [0.4, 0.5) is 0 Å². The summed E-state index contributed by atoms with van der Waals surface area (Å²) in [6.07, 6.45) is 4.04. The zero-order valence-electron chi connectivity index (χ0n) is 8.80. The molecule has 0 spiro atoms. The zero-order valence-corrected chi connectivity index (χ0v) is 12.0. The monoisotopic (exact) mass is 319 g/mol. The van der Waals surface area contributed by atoms with Crippen LogP contribution in [0.5, 0.6) is 0 Å². The molecule has 88 valence electrons. The second kappa shape index (κ2) is 6.28. The summed E-state index contributed by atoms with van der Waals surface area (Å²) >= 11 is 7.23. The molecule has 2 heterocycles. The largest absolute Gasteiger partial charge is 0.392 e. The van der Waals surface area contributed by atoms with Gasteiger partial charge >= 0.3 is 0 Å². The second-order valence-corrected chi connectivity index (χ2v) is 7.18. The molecule has 5 heteroatoms. The summed E-state index contributed by atoms with van der Waals surface area (Å²) in [7, 11) is 0. The number of rotatable bonds is 3. The van der Waals surface area contributed by atoms with Crippen LogP contribution in [0.15, 0.2) is 22.9 Å². The van der Waals surface area contributed by atoms with Crippen LogP contribution in [0, 0.1) is 0 Å². The molecular formula is C11H14BrNOS2. The van der Waals surface area contributed by atoms with Crippen molar-refractivity contribution < 1.29 is 5.11 Å². The van der Waals surface area contributed by atoms with Crippen molar-refractivity contribution in [3.05, 3.63) is 28.5 Å². The van der Waals surface area contributed by atoms with Crippen molar-refractivity contribution in [3.63, 3.8) is 0 Å². The molecule has 1 aliphatic heterocycles. The Bertz CT molecular complexity index is 345. The van der Waals surface area contributed by atoms with Crippen LogP contribution in [0.25, 0.3) is 0 Å². The van der Waals surface area contributed by atoms with E-state index in [0.717, 1.165) is 21.5 Å². The molecule has 0 radical (unpaired) electrons. The lowest BCUT2D eigenvalue weighted by Gasteiger charge is -2.25. The molecule has 2 unspecified atom stereocenters. The van der Waals surface area contributed by atoms with Crippen molar-refractivity contribution in [2.75, 3.05) is 17.3 Å². The van der Waals surface area contributed by atoms with Gasteiger partial charge in [0.2, 0.25) is 0 Å². The zero-order chi connectivity index (χ0) is 11.4. The fraction of sp³-hybridized carbons (Fsp3) is 0.545. The molecule has 0 aliphatic carbocycles. The molecule has 0 amide bonds. The minimum atomic E-state index is -0.256. The Labute approximate surface area is 113 Å². The molecule has 0 saturated carbocycles. The molecule has 16 heavy (non-hydrogen) atoms. The third kappa shape index (κ3) is 3.65. The lowest BCUT2D eigenvalue weighted by molar-refractivity contribution is 0.177. The van der Waals surface area contributed by atoms with E-state index >= 15 is 0 Å². The molecule has 1 N–H and O–H groups in total. The lowest BCUT2D eigenvalue weighted by atomic mass is 10.1. The molecule has 0 aromatic carbocycles. The maximum atomic E-state index is 10.1. The second-order valence-electron chi connectivity index (χ2n) is 3.77. The van der Waals surface area contributed by atoms with E-state index in [9.17, 15) is 5.11 Å². The third-order valence-electron chi connectivity index (χ3n) is 2.48. The molecule has 1 saturated heterocycles. The number of aliphatic hydroxyl groups is 1. The van der Waals surface area contributed by atoms with E-state index in [1.165, 1.54) is 5.75 Å². The van der Waals surface area contributed by atoms with E-state index in [0.29, 0.717) is 11.7 Å². The molecular weight excluding hydrogens is 306 g/mol. The summed E-state index contributed by atoms with van der Waals surface area (Å²) in [6, 6.07) is 2.02. The maximum absolute atomic E-state index is 10.1. The first kappa shape index (κ1) is 12.7.